The third kappa shape index (κ3) is 4.71. The van der Waals surface area contributed by atoms with E-state index in [2.05, 4.69) is 5.32 Å². The number of amides is 2. The smallest absolute Gasteiger partial charge is 0.342 e. The summed E-state index contributed by atoms with van der Waals surface area (Å²) in [6, 6.07) is 10.0. The molecule has 0 spiro atoms. The first-order valence-corrected chi connectivity index (χ1v) is 9.65. The minimum Gasteiger partial charge on any atom is -0.493 e. The van der Waals surface area contributed by atoms with E-state index in [1.807, 2.05) is 0 Å². The molecule has 9 nitrogen and oxygen atoms in total. The maximum absolute atomic E-state index is 12.5. The van der Waals surface area contributed by atoms with E-state index >= 15 is 0 Å². The zero-order chi connectivity index (χ0) is 22.4. The third-order valence-electron chi connectivity index (χ3n) is 4.80. The average molecular weight is 428 g/mol. The van der Waals surface area contributed by atoms with Crippen molar-refractivity contribution in [1.82, 2.24) is 0 Å². The second-order valence-corrected chi connectivity index (χ2v) is 6.67. The fourth-order valence-electron chi connectivity index (χ4n) is 3.37. The molecule has 2 aromatic rings. The second-order valence-electron chi connectivity index (χ2n) is 6.67. The molecule has 1 heterocycles. The maximum Gasteiger partial charge on any atom is 0.342 e. The van der Waals surface area contributed by atoms with Gasteiger partial charge in [-0.25, -0.2) is 4.79 Å². The van der Waals surface area contributed by atoms with Gasteiger partial charge in [-0.05, 0) is 30.7 Å². The maximum atomic E-state index is 12.5. The summed E-state index contributed by atoms with van der Waals surface area (Å²) in [6.07, 6.45) is 1.25. The van der Waals surface area contributed by atoms with Crippen LogP contribution >= 0.6 is 0 Å². The summed E-state index contributed by atoms with van der Waals surface area (Å²) in [5.41, 5.74) is 1.18. The van der Waals surface area contributed by atoms with Crippen LogP contribution in [-0.4, -0.2) is 52.3 Å². The van der Waals surface area contributed by atoms with E-state index in [-0.39, 0.29) is 23.0 Å². The minimum absolute atomic E-state index is 0.00803. The summed E-state index contributed by atoms with van der Waals surface area (Å²) in [7, 11) is 4.27. The van der Waals surface area contributed by atoms with Crippen molar-refractivity contribution in [2.75, 3.05) is 44.7 Å². The lowest BCUT2D eigenvalue weighted by molar-refractivity contribution is -0.119. The Morgan fingerprint density at radius 2 is 1.74 bits per heavy atom. The summed E-state index contributed by atoms with van der Waals surface area (Å²) in [5, 5.41) is 2.70. The van der Waals surface area contributed by atoms with Crippen LogP contribution in [0.3, 0.4) is 0 Å². The van der Waals surface area contributed by atoms with E-state index in [1.54, 1.807) is 35.2 Å². The quantitative estimate of drug-likeness (QED) is 0.645. The average Bonchev–Trinajstić information content (AvgIpc) is 3.22. The zero-order valence-electron chi connectivity index (χ0n) is 17.6. The van der Waals surface area contributed by atoms with E-state index in [0.29, 0.717) is 30.1 Å². The molecule has 0 saturated carbocycles. The van der Waals surface area contributed by atoms with Crippen molar-refractivity contribution in [3.05, 3.63) is 42.0 Å². The number of carbonyl (C=O) groups excluding carboxylic acids is 3. The van der Waals surface area contributed by atoms with Crippen molar-refractivity contribution in [3.8, 4) is 17.2 Å². The highest BCUT2D eigenvalue weighted by Crippen LogP contribution is 2.40. The Hall–Kier alpha value is -3.75. The van der Waals surface area contributed by atoms with Crippen LogP contribution in [0, 0.1) is 0 Å². The Kier molecular flexibility index (Phi) is 6.96. The van der Waals surface area contributed by atoms with Crippen molar-refractivity contribution in [2.24, 2.45) is 0 Å². The van der Waals surface area contributed by atoms with Crippen molar-refractivity contribution < 1.29 is 33.3 Å². The second kappa shape index (κ2) is 9.84. The van der Waals surface area contributed by atoms with Gasteiger partial charge in [0.15, 0.2) is 18.1 Å². The van der Waals surface area contributed by atoms with Gasteiger partial charge in [-0.1, -0.05) is 12.1 Å². The molecule has 31 heavy (non-hydrogen) atoms. The minimum atomic E-state index is -0.754. The molecule has 3 rings (SSSR count). The largest absolute Gasteiger partial charge is 0.493 e. The molecule has 1 N–H and O–H groups in total. The molecule has 9 heteroatoms. The monoisotopic (exact) mass is 428 g/mol. The Morgan fingerprint density at radius 3 is 2.39 bits per heavy atom. The Labute approximate surface area is 179 Å². The van der Waals surface area contributed by atoms with Crippen LogP contribution in [0.15, 0.2) is 36.4 Å². The Balaban J connectivity index is 1.69. The molecule has 1 aliphatic rings. The zero-order valence-corrected chi connectivity index (χ0v) is 17.6. The van der Waals surface area contributed by atoms with E-state index in [4.69, 9.17) is 18.9 Å². The molecule has 0 aliphatic carbocycles. The first kappa shape index (κ1) is 21.9. The highest BCUT2D eigenvalue weighted by atomic mass is 16.5. The summed E-state index contributed by atoms with van der Waals surface area (Å²) in [4.78, 5) is 38.6. The Bertz CT molecular complexity index is 990. The number of hydrogen-bond acceptors (Lipinski definition) is 7. The summed E-state index contributed by atoms with van der Waals surface area (Å²) >= 11 is 0. The SMILES string of the molecule is COc1ccc(C(=O)OCC(=O)Nc2ccccc2N2CCCC2=O)c(OC)c1OC. The molecule has 0 atom stereocenters. The van der Waals surface area contributed by atoms with Crippen LogP contribution in [0.4, 0.5) is 11.4 Å². The lowest BCUT2D eigenvalue weighted by Gasteiger charge is -2.20. The van der Waals surface area contributed by atoms with Gasteiger partial charge < -0.3 is 29.2 Å². The van der Waals surface area contributed by atoms with Gasteiger partial charge in [-0.15, -0.1) is 0 Å². The van der Waals surface area contributed by atoms with E-state index < -0.39 is 18.5 Å². The molecule has 164 valence electrons. The Morgan fingerprint density at radius 1 is 1.00 bits per heavy atom. The summed E-state index contributed by atoms with van der Waals surface area (Å²) in [5.74, 6) is -0.503. The van der Waals surface area contributed by atoms with Crippen LogP contribution in [0.1, 0.15) is 23.2 Å². The van der Waals surface area contributed by atoms with Gasteiger partial charge in [0, 0.05) is 13.0 Å². The number of benzene rings is 2. The van der Waals surface area contributed by atoms with Gasteiger partial charge in [-0.3, -0.25) is 9.59 Å². The molecular weight excluding hydrogens is 404 g/mol. The number of nitrogens with one attached hydrogen (secondary N) is 1. The van der Waals surface area contributed by atoms with E-state index in [0.717, 1.165) is 6.42 Å². The van der Waals surface area contributed by atoms with Crippen LogP contribution in [-0.2, 0) is 14.3 Å². The highest BCUT2D eigenvalue weighted by Gasteiger charge is 2.25. The molecule has 0 radical (unpaired) electrons. The first-order chi connectivity index (χ1) is 15.0. The summed E-state index contributed by atoms with van der Waals surface area (Å²) < 4.78 is 20.9. The lowest BCUT2D eigenvalue weighted by atomic mass is 10.1. The van der Waals surface area contributed by atoms with Crippen molar-refractivity contribution >= 4 is 29.2 Å². The number of hydrogen-bond donors (Lipinski definition) is 1. The predicted octanol–water partition coefficient (Wildman–Crippen LogP) is 2.63. The van der Waals surface area contributed by atoms with E-state index in [9.17, 15) is 14.4 Å². The van der Waals surface area contributed by atoms with Gasteiger partial charge in [0.05, 0.1) is 32.7 Å². The van der Waals surface area contributed by atoms with Gasteiger partial charge in [0.1, 0.15) is 5.56 Å². The van der Waals surface area contributed by atoms with Crippen molar-refractivity contribution in [2.45, 2.75) is 12.8 Å². The molecule has 2 aromatic carbocycles. The molecule has 1 saturated heterocycles. The van der Waals surface area contributed by atoms with Crippen LogP contribution in [0.5, 0.6) is 17.2 Å². The van der Waals surface area contributed by atoms with Gasteiger partial charge in [0.25, 0.3) is 5.91 Å². The van der Waals surface area contributed by atoms with Gasteiger partial charge in [0.2, 0.25) is 11.7 Å². The topological polar surface area (TPSA) is 103 Å². The van der Waals surface area contributed by atoms with Crippen molar-refractivity contribution in [3.63, 3.8) is 0 Å². The molecule has 1 aliphatic heterocycles. The molecule has 2 amide bonds. The molecular formula is C22H24N2O7. The van der Waals surface area contributed by atoms with Crippen LogP contribution < -0.4 is 24.4 Å². The number of para-hydroxylation sites is 2. The number of carbonyl (C=O) groups is 3. The van der Waals surface area contributed by atoms with Crippen LogP contribution in [0.25, 0.3) is 0 Å². The van der Waals surface area contributed by atoms with Crippen LogP contribution in [0.2, 0.25) is 0 Å². The van der Waals surface area contributed by atoms with Gasteiger partial charge >= 0.3 is 5.97 Å². The normalized spacial score (nSPS) is 13.0. The predicted molar refractivity (Wildman–Crippen MR) is 113 cm³/mol. The molecule has 0 unspecified atom stereocenters. The first-order valence-electron chi connectivity index (χ1n) is 9.65. The third-order valence-corrected chi connectivity index (χ3v) is 4.80. The van der Waals surface area contributed by atoms with Gasteiger partial charge in [-0.2, -0.15) is 0 Å². The number of nitrogens with zero attached hydrogens (tertiary/aromatic N) is 1. The number of anilines is 2. The fourth-order valence-corrected chi connectivity index (χ4v) is 3.37. The van der Waals surface area contributed by atoms with Crippen molar-refractivity contribution in [1.29, 1.82) is 0 Å². The van der Waals surface area contributed by atoms with E-state index in [1.165, 1.54) is 27.4 Å². The standard InChI is InChI=1S/C22H24N2O7/c1-28-17-11-10-14(20(29-2)21(17)30-3)22(27)31-13-18(25)23-15-7-4-5-8-16(15)24-12-6-9-19(24)26/h4-5,7-8,10-11H,6,9,12-13H2,1-3H3,(H,23,25). The fraction of sp³-hybridized carbons (Fsp3) is 0.318. The number of rotatable bonds is 8. The number of methoxy groups -OCH3 is 3. The lowest BCUT2D eigenvalue weighted by Crippen LogP contribution is -2.27. The molecule has 1 fully saturated rings. The summed E-state index contributed by atoms with van der Waals surface area (Å²) in [6.45, 7) is 0.0818. The molecule has 0 aromatic heterocycles. The molecule has 0 bridgehead atoms. The highest BCUT2D eigenvalue weighted by molar-refractivity contribution is 6.03. The number of ether oxygens (including phenoxy) is 4. The number of esters is 1.